The van der Waals surface area contributed by atoms with Crippen LogP contribution in [0.2, 0.25) is 0 Å². The van der Waals surface area contributed by atoms with Crippen molar-refractivity contribution in [2.75, 3.05) is 7.05 Å². The number of thiophene rings is 1. The van der Waals surface area contributed by atoms with Crippen molar-refractivity contribution >= 4 is 37.4 Å². The van der Waals surface area contributed by atoms with Crippen LogP contribution in [0.3, 0.4) is 0 Å². The molecule has 1 aliphatic rings. The number of nitrogens with one attached hydrogen (secondary N) is 1. The molecule has 1 amide bonds. The van der Waals surface area contributed by atoms with Gasteiger partial charge in [0.05, 0.1) is 0 Å². The van der Waals surface area contributed by atoms with Crippen molar-refractivity contribution in [2.24, 2.45) is 0 Å². The number of hydrogen-bond donors (Lipinski definition) is 1. The first kappa shape index (κ1) is 21.0. The van der Waals surface area contributed by atoms with E-state index >= 15 is 0 Å². The van der Waals surface area contributed by atoms with Crippen LogP contribution in [0.4, 0.5) is 0 Å². The Hall–Kier alpha value is -2.22. The lowest BCUT2D eigenvalue weighted by molar-refractivity contribution is 0.0927. The number of hydrogen-bond acceptors (Lipinski definition) is 4. The Balaban J connectivity index is 1.48. The van der Waals surface area contributed by atoms with E-state index in [1.165, 1.54) is 22.1 Å². The average Bonchev–Trinajstić information content (AvgIpc) is 3.20. The molecule has 4 rings (SSSR count). The molecule has 1 N–H and O–H groups in total. The second kappa shape index (κ2) is 8.88. The van der Waals surface area contributed by atoms with E-state index in [9.17, 15) is 13.2 Å². The van der Waals surface area contributed by atoms with Gasteiger partial charge in [-0.05, 0) is 48.1 Å². The smallest absolute Gasteiger partial charge is 0.252 e. The predicted octanol–water partition coefficient (Wildman–Crippen LogP) is 4.78. The van der Waals surface area contributed by atoms with Crippen molar-refractivity contribution in [2.45, 2.75) is 48.9 Å². The maximum Gasteiger partial charge on any atom is 0.252 e. The Morgan fingerprint density at radius 2 is 1.83 bits per heavy atom. The summed E-state index contributed by atoms with van der Waals surface area (Å²) in [6, 6.07) is 16.8. The zero-order valence-electron chi connectivity index (χ0n) is 17.0. The van der Waals surface area contributed by atoms with Crippen molar-refractivity contribution in [3.8, 4) is 0 Å². The molecule has 1 aromatic heterocycles. The number of carbonyl (C=O) groups excluding carboxylic acids is 1. The minimum atomic E-state index is -3.60. The standard InChI is InChI=1S/C23H26N2O3S2/c1-25(30(27,28)22-15-18-9-5-6-13-21(18)29-22)16-17-8-7-10-19(14-17)23(26)24-20-11-3-2-4-12-20/h5-10,13-15,20H,2-4,11-12,16H2,1H3,(H,24,26). The first-order chi connectivity index (χ1) is 14.4. The second-order valence-corrected chi connectivity index (χ2v) is 11.2. The summed E-state index contributed by atoms with van der Waals surface area (Å²) in [5, 5.41) is 4.04. The Bertz CT molecular complexity index is 1110. The molecule has 30 heavy (non-hydrogen) atoms. The number of amides is 1. The van der Waals surface area contributed by atoms with Crippen LogP contribution in [0.15, 0.2) is 58.8 Å². The number of nitrogens with zero attached hydrogens (tertiary/aromatic N) is 1. The zero-order chi connectivity index (χ0) is 21.1. The third-order valence-electron chi connectivity index (χ3n) is 5.60. The van der Waals surface area contributed by atoms with E-state index in [0.29, 0.717) is 9.77 Å². The third-order valence-corrected chi connectivity index (χ3v) is 8.97. The summed E-state index contributed by atoms with van der Waals surface area (Å²) in [6.45, 7) is 0.209. The van der Waals surface area contributed by atoms with E-state index in [4.69, 9.17) is 0 Å². The van der Waals surface area contributed by atoms with Gasteiger partial charge in [0.15, 0.2) is 0 Å². The quantitative estimate of drug-likeness (QED) is 0.597. The first-order valence-electron chi connectivity index (χ1n) is 10.3. The highest BCUT2D eigenvalue weighted by Gasteiger charge is 2.24. The molecule has 0 bridgehead atoms. The van der Waals surface area contributed by atoms with Gasteiger partial charge >= 0.3 is 0 Å². The van der Waals surface area contributed by atoms with Gasteiger partial charge in [-0.2, -0.15) is 4.31 Å². The molecule has 0 radical (unpaired) electrons. The molecule has 5 nitrogen and oxygen atoms in total. The van der Waals surface area contributed by atoms with Crippen molar-refractivity contribution in [1.82, 2.24) is 9.62 Å². The van der Waals surface area contributed by atoms with Gasteiger partial charge < -0.3 is 5.32 Å². The SMILES string of the molecule is CN(Cc1cccc(C(=O)NC2CCCCC2)c1)S(=O)(=O)c1cc2ccccc2s1. The van der Waals surface area contributed by atoms with Gasteiger partial charge in [0.25, 0.3) is 15.9 Å². The highest BCUT2D eigenvalue weighted by Crippen LogP contribution is 2.31. The highest BCUT2D eigenvalue weighted by molar-refractivity contribution is 7.91. The summed E-state index contributed by atoms with van der Waals surface area (Å²) in [4.78, 5) is 12.6. The summed E-state index contributed by atoms with van der Waals surface area (Å²) in [5.41, 5.74) is 1.37. The topological polar surface area (TPSA) is 66.5 Å². The molecule has 0 aliphatic heterocycles. The normalized spacial score (nSPS) is 15.5. The van der Waals surface area contributed by atoms with Gasteiger partial charge in [0.2, 0.25) is 0 Å². The fraction of sp³-hybridized carbons (Fsp3) is 0.348. The first-order valence-corrected chi connectivity index (χ1v) is 12.5. The molecule has 1 aliphatic carbocycles. The van der Waals surface area contributed by atoms with E-state index in [0.717, 1.165) is 41.3 Å². The Labute approximate surface area is 181 Å². The molecular formula is C23H26N2O3S2. The Kier molecular flexibility index (Phi) is 6.22. The minimum Gasteiger partial charge on any atom is -0.349 e. The molecule has 0 spiro atoms. The molecule has 2 aromatic carbocycles. The Morgan fingerprint density at radius 3 is 2.60 bits per heavy atom. The lowest BCUT2D eigenvalue weighted by Crippen LogP contribution is -2.36. The average molecular weight is 443 g/mol. The van der Waals surface area contributed by atoms with Crippen molar-refractivity contribution in [1.29, 1.82) is 0 Å². The molecule has 158 valence electrons. The molecule has 1 fully saturated rings. The predicted molar refractivity (Wildman–Crippen MR) is 121 cm³/mol. The largest absolute Gasteiger partial charge is 0.349 e. The molecule has 0 saturated heterocycles. The highest BCUT2D eigenvalue weighted by atomic mass is 32.2. The van der Waals surface area contributed by atoms with Crippen LogP contribution in [0.5, 0.6) is 0 Å². The molecular weight excluding hydrogens is 416 g/mol. The maximum absolute atomic E-state index is 13.0. The summed E-state index contributed by atoms with van der Waals surface area (Å²) in [5.74, 6) is -0.0845. The van der Waals surface area contributed by atoms with E-state index < -0.39 is 10.0 Å². The van der Waals surface area contributed by atoms with Crippen LogP contribution < -0.4 is 5.32 Å². The molecule has 7 heteroatoms. The van der Waals surface area contributed by atoms with Crippen molar-refractivity contribution in [3.05, 3.63) is 65.7 Å². The number of sulfonamides is 1. The van der Waals surface area contributed by atoms with E-state index in [-0.39, 0.29) is 18.5 Å². The summed E-state index contributed by atoms with van der Waals surface area (Å²) in [6.07, 6.45) is 5.61. The van der Waals surface area contributed by atoms with Crippen molar-refractivity contribution < 1.29 is 13.2 Å². The van der Waals surface area contributed by atoms with Gasteiger partial charge in [-0.1, -0.05) is 49.6 Å². The molecule has 0 unspecified atom stereocenters. The van der Waals surface area contributed by atoms with Crippen LogP contribution in [0.1, 0.15) is 48.0 Å². The maximum atomic E-state index is 13.0. The number of carbonyl (C=O) groups is 1. The monoisotopic (exact) mass is 442 g/mol. The van der Waals surface area contributed by atoms with Gasteiger partial charge in [-0.25, -0.2) is 8.42 Å². The molecule has 1 heterocycles. The van der Waals surface area contributed by atoms with Gasteiger partial charge in [-0.3, -0.25) is 4.79 Å². The van der Waals surface area contributed by atoms with Gasteiger partial charge in [0.1, 0.15) is 4.21 Å². The number of benzene rings is 2. The fourth-order valence-corrected chi connectivity index (χ4v) is 6.68. The zero-order valence-corrected chi connectivity index (χ0v) is 18.6. The fourth-order valence-electron chi connectivity index (χ4n) is 3.91. The minimum absolute atomic E-state index is 0.0845. The van der Waals surface area contributed by atoms with Crippen LogP contribution in [-0.4, -0.2) is 31.7 Å². The Morgan fingerprint density at radius 1 is 1.07 bits per heavy atom. The molecule has 1 saturated carbocycles. The van der Waals surface area contributed by atoms with Crippen LogP contribution in [-0.2, 0) is 16.6 Å². The second-order valence-electron chi connectivity index (χ2n) is 7.87. The summed E-state index contributed by atoms with van der Waals surface area (Å²) in [7, 11) is -2.03. The molecule has 3 aromatic rings. The van der Waals surface area contributed by atoms with Crippen LogP contribution >= 0.6 is 11.3 Å². The summed E-state index contributed by atoms with van der Waals surface area (Å²) >= 11 is 1.28. The van der Waals surface area contributed by atoms with Crippen LogP contribution in [0.25, 0.3) is 10.1 Å². The van der Waals surface area contributed by atoms with Gasteiger partial charge in [0, 0.05) is 29.9 Å². The number of fused-ring (bicyclic) bond motifs is 1. The summed E-state index contributed by atoms with van der Waals surface area (Å²) < 4.78 is 28.7. The lowest BCUT2D eigenvalue weighted by atomic mass is 9.95. The van der Waals surface area contributed by atoms with Gasteiger partial charge in [-0.15, -0.1) is 11.3 Å². The van der Waals surface area contributed by atoms with E-state index in [1.54, 1.807) is 25.2 Å². The lowest BCUT2D eigenvalue weighted by Gasteiger charge is -2.23. The van der Waals surface area contributed by atoms with E-state index in [2.05, 4.69) is 5.32 Å². The third kappa shape index (κ3) is 4.58. The molecule has 0 atom stereocenters. The van der Waals surface area contributed by atoms with E-state index in [1.807, 2.05) is 36.4 Å². The van der Waals surface area contributed by atoms with Crippen molar-refractivity contribution in [3.63, 3.8) is 0 Å². The van der Waals surface area contributed by atoms with Crippen LogP contribution in [0, 0.1) is 0 Å². The number of rotatable bonds is 6.